The molecule has 1 aromatic heterocycles. The molecule has 18 heavy (non-hydrogen) atoms. The van der Waals surface area contributed by atoms with E-state index >= 15 is 0 Å². The van der Waals surface area contributed by atoms with E-state index in [1.165, 1.54) is 11.1 Å². The third kappa shape index (κ3) is 2.03. The third-order valence-electron chi connectivity index (χ3n) is 2.91. The molecule has 2 aromatic carbocycles. The molecule has 0 saturated heterocycles. The quantitative estimate of drug-likeness (QED) is 0.642. The minimum Gasteiger partial charge on any atom is -0.265 e. The molecule has 0 aliphatic heterocycles. The zero-order chi connectivity index (χ0) is 12.2. The van der Waals surface area contributed by atoms with Gasteiger partial charge in [-0.05, 0) is 40.5 Å². The largest absolute Gasteiger partial charge is 0.265 e. The van der Waals surface area contributed by atoms with E-state index in [0.717, 1.165) is 11.1 Å². The zero-order valence-corrected chi connectivity index (χ0v) is 9.88. The Morgan fingerprint density at radius 3 is 2.28 bits per heavy atom. The van der Waals surface area contributed by atoms with Crippen LogP contribution in [0.15, 0.2) is 73.1 Å². The Balaban J connectivity index is 2.18. The molecule has 3 aromatic rings. The smallest absolute Gasteiger partial charge is 0.0273 e. The molecule has 0 aliphatic carbocycles. The number of aromatic nitrogens is 1. The standard InChI is InChI=1S/C17H12N/c1-2-6-14(7-3-1)16-8-4-5-9-17(16)15-10-12-18-13-11-15/h1-8,10-13H. The minimum absolute atomic E-state index is 1.12. The van der Waals surface area contributed by atoms with Crippen LogP contribution in [0.25, 0.3) is 22.3 Å². The van der Waals surface area contributed by atoms with Crippen LogP contribution in [0.4, 0.5) is 0 Å². The number of hydrogen-bond acceptors (Lipinski definition) is 1. The van der Waals surface area contributed by atoms with Crippen LogP contribution in [0.2, 0.25) is 0 Å². The number of rotatable bonds is 2. The van der Waals surface area contributed by atoms with Crippen LogP contribution >= 0.6 is 0 Å². The summed E-state index contributed by atoms with van der Waals surface area (Å²) >= 11 is 0. The van der Waals surface area contributed by atoms with Crippen molar-refractivity contribution in [2.45, 2.75) is 0 Å². The molecule has 1 heteroatoms. The van der Waals surface area contributed by atoms with Crippen LogP contribution in [0.1, 0.15) is 0 Å². The molecule has 0 atom stereocenters. The Labute approximate surface area is 107 Å². The van der Waals surface area contributed by atoms with E-state index in [2.05, 4.69) is 41.4 Å². The van der Waals surface area contributed by atoms with Crippen LogP contribution in [0.3, 0.4) is 0 Å². The highest BCUT2D eigenvalue weighted by Crippen LogP contribution is 2.30. The summed E-state index contributed by atoms with van der Waals surface area (Å²) in [6.07, 6.45) is 3.62. The molecule has 0 saturated carbocycles. The van der Waals surface area contributed by atoms with Crippen molar-refractivity contribution in [1.82, 2.24) is 4.98 Å². The summed E-state index contributed by atoms with van der Waals surface area (Å²) < 4.78 is 0. The van der Waals surface area contributed by atoms with Gasteiger partial charge in [-0.25, -0.2) is 0 Å². The van der Waals surface area contributed by atoms with Gasteiger partial charge in [-0.15, -0.1) is 0 Å². The van der Waals surface area contributed by atoms with Gasteiger partial charge < -0.3 is 0 Å². The van der Waals surface area contributed by atoms with Gasteiger partial charge in [-0.3, -0.25) is 4.98 Å². The van der Waals surface area contributed by atoms with Crippen molar-refractivity contribution in [3.8, 4) is 22.3 Å². The molecule has 0 unspecified atom stereocenters. The monoisotopic (exact) mass is 230 g/mol. The molecule has 0 N–H and O–H groups in total. The Morgan fingerprint density at radius 1 is 0.722 bits per heavy atom. The molecule has 0 spiro atoms. The molecule has 0 amide bonds. The zero-order valence-electron chi connectivity index (χ0n) is 9.88. The number of benzene rings is 2. The van der Waals surface area contributed by atoms with Gasteiger partial charge in [0.05, 0.1) is 0 Å². The second-order valence-electron chi connectivity index (χ2n) is 4.06. The third-order valence-corrected chi connectivity index (χ3v) is 2.91. The predicted octanol–water partition coefficient (Wildman–Crippen LogP) is 4.22. The van der Waals surface area contributed by atoms with Crippen LogP contribution < -0.4 is 0 Å². The lowest BCUT2D eigenvalue weighted by Gasteiger charge is -2.09. The fourth-order valence-electron chi connectivity index (χ4n) is 2.05. The molecule has 0 aliphatic rings. The van der Waals surface area contributed by atoms with Crippen molar-refractivity contribution < 1.29 is 0 Å². The Kier molecular flexibility index (Phi) is 2.89. The first-order valence-corrected chi connectivity index (χ1v) is 5.92. The topological polar surface area (TPSA) is 12.9 Å². The van der Waals surface area contributed by atoms with E-state index in [-0.39, 0.29) is 0 Å². The van der Waals surface area contributed by atoms with Gasteiger partial charge in [0.25, 0.3) is 0 Å². The summed E-state index contributed by atoms with van der Waals surface area (Å²) in [5.41, 5.74) is 4.67. The van der Waals surface area contributed by atoms with Crippen LogP contribution in [0.5, 0.6) is 0 Å². The van der Waals surface area contributed by atoms with Crippen molar-refractivity contribution in [3.05, 3.63) is 79.1 Å². The Bertz CT molecular complexity index is 572. The Hall–Kier alpha value is -2.41. The van der Waals surface area contributed by atoms with E-state index in [1.807, 2.05) is 42.7 Å². The maximum atomic E-state index is 4.06. The van der Waals surface area contributed by atoms with Crippen molar-refractivity contribution in [2.24, 2.45) is 0 Å². The summed E-state index contributed by atoms with van der Waals surface area (Å²) in [5.74, 6) is 0. The van der Waals surface area contributed by atoms with Crippen LogP contribution in [-0.4, -0.2) is 4.98 Å². The number of nitrogens with zero attached hydrogens (tertiary/aromatic N) is 1. The lowest BCUT2D eigenvalue weighted by Crippen LogP contribution is -1.85. The van der Waals surface area contributed by atoms with Crippen molar-refractivity contribution >= 4 is 0 Å². The van der Waals surface area contributed by atoms with Crippen molar-refractivity contribution in [2.75, 3.05) is 0 Å². The Morgan fingerprint density at radius 2 is 1.50 bits per heavy atom. The molecule has 1 heterocycles. The van der Waals surface area contributed by atoms with Crippen molar-refractivity contribution in [1.29, 1.82) is 0 Å². The average Bonchev–Trinajstić information content (AvgIpc) is 2.49. The summed E-state index contributed by atoms with van der Waals surface area (Å²) in [6.45, 7) is 0. The fraction of sp³-hybridized carbons (Fsp3) is 0. The maximum absolute atomic E-state index is 4.06. The second kappa shape index (κ2) is 4.84. The number of pyridine rings is 1. The average molecular weight is 230 g/mol. The van der Waals surface area contributed by atoms with Crippen LogP contribution in [-0.2, 0) is 0 Å². The molecule has 1 radical (unpaired) electrons. The van der Waals surface area contributed by atoms with Gasteiger partial charge in [0.1, 0.15) is 0 Å². The van der Waals surface area contributed by atoms with E-state index in [1.54, 1.807) is 0 Å². The molecular formula is C17H12N. The van der Waals surface area contributed by atoms with Gasteiger partial charge >= 0.3 is 0 Å². The van der Waals surface area contributed by atoms with Gasteiger partial charge in [-0.2, -0.15) is 0 Å². The summed E-state index contributed by atoms with van der Waals surface area (Å²) in [5, 5.41) is 0. The number of hydrogen-bond donors (Lipinski definition) is 0. The first kappa shape index (κ1) is 10.7. The van der Waals surface area contributed by atoms with Crippen LogP contribution in [0, 0.1) is 6.07 Å². The van der Waals surface area contributed by atoms with E-state index in [9.17, 15) is 0 Å². The highest BCUT2D eigenvalue weighted by molar-refractivity contribution is 5.82. The molecule has 0 bridgehead atoms. The molecule has 0 fully saturated rings. The van der Waals surface area contributed by atoms with E-state index in [0.29, 0.717) is 0 Å². The lowest BCUT2D eigenvalue weighted by molar-refractivity contribution is 1.33. The van der Waals surface area contributed by atoms with Gasteiger partial charge in [0.2, 0.25) is 0 Å². The molecule has 85 valence electrons. The van der Waals surface area contributed by atoms with Gasteiger partial charge in [0.15, 0.2) is 0 Å². The highest BCUT2D eigenvalue weighted by atomic mass is 14.6. The summed E-state index contributed by atoms with van der Waals surface area (Å²) in [7, 11) is 0. The predicted molar refractivity (Wildman–Crippen MR) is 73.9 cm³/mol. The first-order valence-electron chi connectivity index (χ1n) is 5.92. The lowest BCUT2D eigenvalue weighted by atomic mass is 9.95. The van der Waals surface area contributed by atoms with E-state index < -0.39 is 0 Å². The van der Waals surface area contributed by atoms with Gasteiger partial charge in [-0.1, -0.05) is 48.5 Å². The molecule has 1 nitrogen and oxygen atoms in total. The summed E-state index contributed by atoms with van der Waals surface area (Å²) in [6, 6.07) is 23.8. The van der Waals surface area contributed by atoms with E-state index in [4.69, 9.17) is 0 Å². The summed E-state index contributed by atoms with van der Waals surface area (Å²) in [4.78, 5) is 4.06. The maximum Gasteiger partial charge on any atom is 0.0273 e. The molecular weight excluding hydrogens is 218 g/mol. The first-order chi connectivity index (χ1) is 8.95. The SMILES string of the molecule is [c]1cccc(-c2ccccc2)c1-c1ccncc1. The fourth-order valence-corrected chi connectivity index (χ4v) is 2.05. The minimum atomic E-state index is 1.12. The van der Waals surface area contributed by atoms with Crippen molar-refractivity contribution in [3.63, 3.8) is 0 Å². The molecule has 3 rings (SSSR count). The van der Waals surface area contributed by atoms with Gasteiger partial charge in [0, 0.05) is 12.4 Å². The second-order valence-corrected chi connectivity index (χ2v) is 4.06. The normalized spacial score (nSPS) is 10.2. The highest BCUT2D eigenvalue weighted by Gasteiger charge is 2.05.